The molecule has 1 N–H and O–H groups in total. The number of sulfonamides is 1. The second kappa shape index (κ2) is 5.05. The Morgan fingerprint density at radius 1 is 1.29 bits per heavy atom. The highest BCUT2D eigenvalue weighted by molar-refractivity contribution is 7.89. The van der Waals surface area contributed by atoms with Gasteiger partial charge in [0.05, 0.1) is 11.3 Å². The van der Waals surface area contributed by atoms with Crippen LogP contribution in [0.1, 0.15) is 18.1 Å². The number of hydrogen-bond donors (Lipinski definition) is 1. The van der Waals surface area contributed by atoms with Gasteiger partial charge in [-0.2, -0.15) is 13.2 Å². The third kappa shape index (κ3) is 4.35. The van der Waals surface area contributed by atoms with Crippen molar-refractivity contribution in [2.24, 2.45) is 0 Å². The van der Waals surface area contributed by atoms with Crippen molar-refractivity contribution in [3.05, 3.63) is 35.4 Å². The molecule has 0 fully saturated rings. The molecule has 0 bridgehead atoms. The van der Waals surface area contributed by atoms with E-state index in [1.807, 2.05) is 0 Å². The van der Waals surface area contributed by atoms with Crippen LogP contribution in [0.5, 0.6) is 0 Å². The molecule has 3 nitrogen and oxygen atoms in total. The van der Waals surface area contributed by atoms with Gasteiger partial charge in [0, 0.05) is 6.54 Å². The van der Waals surface area contributed by atoms with Crippen LogP contribution >= 0.6 is 0 Å². The second-order valence-electron chi connectivity index (χ2n) is 3.42. The summed E-state index contributed by atoms with van der Waals surface area (Å²) in [7, 11) is -3.40. The van der Waals surface area contributed by atoms with Gasteiger partial charge >= 0.3 is 6.18 Å². The summed E-state index contributed by atoms with van der Waals surface area (Å²) in [6, 6.07) is 4.56. The van der Waals surface area contributed by atoms with Gasteiger partial charge in [0.15, 0.2) is 0 Å². The molecular weight excluding hydrogens is 255 g/mol. The Bertz CT molecular complexity index is 483. The Morgan fingerprint density at radius 2 is 1.94 bits per heavy atom. The first-order chi connectivity index (χ1) is 7.74. The van der Waals surface area contributed by atoms with Crippen molar-refractivity contribution < 1.29 is 21.6 Å². The van der Waals surface area contributed by atoms with E-state index in [2.05, 4.69) is 4.72 Å². The van der Waals surface area contributed by atoms with Crippen LogP contribution in [0.2, 0.25) is 0 Å². The molecule has 0 unspecified atom stereocenters. The molecule has 0 aliphatic carbocycles. The maximum absolute atomic E-state index is 12.4. The molecule has 0 radical (unpaired) electrons. The highest BCUT2D eigenvalue weighted by Gasteiger charge is 2.30. The van der Waals surface area contributed by atoms with E-state index < -0.39 is 21.8 Å². The third-order valence-corrected chi connectivity index (χ3v) is 3.47. The minimum atomic E-state index is -4.42. The van der Waals surface area contributed by atoms with Crippen LogP contribution in [0.15, 0.2) is 24.3 Å². The summed E-state index contributed by atoms with van der Waals surface area (Å²) in [5.41, 5.74) is -0.512. The average Bonchev–Trinajstić information content (AvgIpc) is 2.26. The molecule has 0 spiro atoms. The minimum Gasteiger partial charge on any atom is -0.212 e. The minimum absolute atomic E-state index is 0.105. The Hall–Kier alpha value is -1.08. The van der Waals surface area contributed by atoms with Gasteiger partial charge in [-0.25, -0.2) is 13.1 Å². The molecule has 0 heterocycles. The van der Waals surface area contributed by atoms with Gasteiger partial charge in [0.2, 0.25) is 10.0 Å². The highest BCUT2D eigenvalue weighted by atomic mass is 32.2. The fourth-order valence-electron chi connectivity index (χ4n) is 1.15. The number of halogens is 3. The number of alkyl halides is 3. The van der Waals surface area contributed by atoms with Crippen molar-refractivity contribution in [2.45, 2.75) is 19.6 Å². The lowest BCUT2D eigenvalue weighted by molar-refractivity contribution is -0.137. The monoisotopic (exact) mass is 267 g/mol. The van der Waals surface area contributed by atoms with Crippen LogP contribution in [0, 0.1) is 0 Å². The molecule has 0 atom stereocenters. The summed E-state index contributed by atoms with van der Waals surface area (Å²) in [5.74, 6) is -0.105. The van der Waals surface area contributed by atoms with Crippen LogP contribution in [-0.2, 0) is 22.7 Å². The standard InChI is InChI=1S/C10H12F3NO2S/c1-2-17(15,16)14-7-8-4-3-5-9(6-8)10(11,12)13/h3-6,14H,2,7H2,1H3. The van der Waals surface area contributed by atoms with Crippen LogP contribution in [0.4, 0.5) is 13.2 Å². The molecular formula is C10H12F3NO2S. The van der Waals surface area contributed by atoms with Crippen molar-refractivity contribution in [3.63, 3.8) is 0 Å². The van der Waals surface area contributed by atoms with Gasteiger partial charge < -0.3 is 0 Å². The lowest BCUT2D eigenvalue weighted by Crippen LogP contribution is -2.24. The molecule has 1 aromatic rings. The molecule has 17 heavy (non-hydrogen) atoms. The molecule has 7 heteroatoms. The molecule has 1 rings (SSSR count). The fourth-order valence-corrected chi connectivity index (χ4v) is 1.74. The molecule has 0 amide bonds. The van der Waals surface area contributed by atoms with E-state index in [1.165, 1.54) is 19.1 Å². The van der Waals surface area contributed by atoms with Crippen LogP contribution in [0.3, 0.4) is 0 Å². The predicted octanol–water partition coefficient (Wildman–Crippen LogP) is 2.14. The van der Waals surface area contributed by atoms with E-state index in [1.54, 1.807) is 0 Å². The third-order valence-electron chi connectivity index (χ3n) is 2.13. The summed E-state index contributed by atoms with van der Waals surface area (Å²) in [6.45, 7) is 1.31. The number of benzene rings is 1. The largest absolute Gasteiger partial charge is 0.416 e. The normalized spacial score (nSPS) is 12.7. The SMILES string of the molecule is CCS(=O)(=O)NCc1cccc(C(F)(F)F)c1. The van der Waals surface area contributed by atoms with Crippen molar-refractivity contribution >= 4 is 10.0 Å². The maximum Gasteiger partial charge on any atom is 0.416 e. The maximum atomic E-state index is 12.4. The summed E-state index contributed by atoms with van der Waals surface area (Å²) >= 11 is 0. The van der Waals surface area contributed by atoms with E-state index in [-0.39, 0.29) is 17.9 Å². The van der Waals surface area contributed by atoms with Crippen molar-refractivity contribution in [2.75, 3.05) is 5.75 Å². The quantitative estimate of drug-likeness (QED) is 0.908. The summed E-state index contributed by atoms with van der Waals surface area (Å²) in [4.78, 5) is 0. The Balaban J connectivity index is 2.81. The van der Waals surface area contributed by atoms with Crippen LogP contribution < -0.4 is 4.72 Å². The summed E-state index contributed by atoms with van der Waals surface area (Å²) in [5, 5.41) is 0. The highest BCUT2D eigenvalue weighted by Crippen LogP contribution is 2.29. The average molecular weight is 267 g/mol. The number of hydrogen-bond acceptors (Lipinski definition) is 2. The first-order valence-corrected chi connectivity index (χ1v) is 6.53. The van der Waals surface area contributed by atoms with Gasteiger partial charge in [-0.15, -0.1) is 0 Å². The lowest BCUT2D eigenvalue weighted by atomic mass is 10.1. The van der Waals surface area contributed by atoms with E-state index in [0.717, 1.165) is 12.1 Å². The molecule has 1 aromatic carbocycles. The van der Waals surface area contributed by atoms with Gasteiger partial charge in [0.1, 0.15) is 0 Å². The molecule has 0 aliphatic rings. The number of rotatable bonds is 4. The van der Waals surface area contributed by atoms with Gasteiger partial charge in [-0.3, -0.25) is 0 Å². The first kappa shape index (κ1) is 14.0. The van der Waals surface area contributed by atoms with Crippen molar-refractivity contribution in [3.8, 4) is 0 Å². The van der Waals surface area contributed by atoms with E-state index >= 15 is 0 Å². The molecule has 0 saturated heterocycles. The zero-order valence-corrected chi connectivity index (χ0v) is 9.90. The number of nitrogens with one attached hydrogen (secondary N) is 1. The van der Waals surface area contributed by atoms with E-state index in [0.29, 0.717) is 0 Å². The van der Waals surface area contributed by atoms with Crippen LogP contribution in [0.25, 0.3) is 0 Å². The first-order valence-electron chi connectivity index (χ1n) is 4.88. The topological polar surface area (TPSA) is 46.2 Å². The smallest absolute Gasteiger partial charge is 0.212 e. The molecule has 0 aliphatic heterocycles. The van der Waals surface area contributed by atoms with Crippen LogP contribution in [-0.4, -0.2) is 14.2 Å². The second-order valence-corrected chi connectivity index (χ2v) is 5.52. The van der Waals surface area contributed by atoms with E-state index in [4.69, 9.17) is 0 Å². The van der Waals surface area contributed by atoms with Crippen molar-refractivity contribution in [1.82, 2.24) is 4.72 Å². The molecule has 0 aromatic heterocycles. The zero-order chi connectivity index (χ0) is 13.1. The molecule has 96 valence electrons. The van der Waals surface area contributed by atoms with Gasteiger partial charge in [-0.05, 0) is 18.6 Å². The summed E-state index contributed by atoms with van der Waals surface area (Å²) in [6.07, 6.45) is -4.42. The van der Waals surface area contributed by atoms with Gasteiger partial charge in [0.25, 0.3) is 0 Å². The fraction of sp³-hybridized carbons (Fsp3) is 0.400. The Kier molecular flexibility index (Phi) is 4.16. The Labute approximate surface area is 97.7 Å². The molecule has 0 saturated carbocycles. The lowest BCUT2D eigenvalue weighted by Gasteiger charge is -2.09. The predicted molar refractivity (Wildman–Crippen MR) is 57.7 cm³/mol. The van der Waals surface area contributed by atoms with Gasteiger partial charge in [-0.1, -0.05) is 18.2 Å². The van der Waals surface area contributed by atoms with E-state index in [9.17, 15) is 21.6 Å². The Morgan fingerprint density at radius 3 is 2.47 bits per heavy atom. The zero-order valence-electron chi connectivity index (χ0n) is 9.08. The summed E-state index contributed by atoms with van der Waals surface area (Å²) < 4.78 is 61.6. The van der Waals surface area contributed by atoms with Crippen molar-refractivity contribution in [1.29, 1.82) is 0 Å².